The Morgan fingerprint density at radius 2 is 0.875 bits per heavy atom. The van der Waals surface area contributed by atoms with Crippen LogP contribution < -0.4 is 4.90 Å². The molecule has 11 aromatic rings. The van der Waals surface area contributed by atoms with Gasteiger partial charge in [0.2, 0.25) is 0 Å². The first-order valence-electron chi connectivity index (χ1n) is 19.2. The summed E-state index contributed by atoms with van der Waals surface area (Å²) in [7, 11) is 0. The molecule has 0 spiro atoms. The van der Waals surface area contributed by atoms with Crippen LogP contribution in [0.5, 0.6) is 0 Å². The minimum atomic E-state index is 1.11. The van der Waals surface area contributed by atoms with E-state index in [1.54, 1.807) is 0 Å². The summed E-state index contributed by atoms with van der Waals surface area (Å²) >= 11 is 1.88. The van der Waals surface area contributed by atoms with Crippen LogP contribution >= 0.6 is 11.3 Å². The molecule has 0 unspecified atom stereocenters. The zero-order valence-corrected chi connectivity index (χ0v) is 31.4. The van der Waals surface area contributed by atoms with Crippen LogP contribution in [0.25, 0.3) is 85.9 Å². The highest BCUT2D eigenvalue weighted by atomic mass is 32.1. The quantitative estimate of drug-likeness (QED) is 0.154. The summed E-state index contributed by atoms with van der Waals surface area (Å²) in [6, 6.07) is 77.6. The van der Waals surface area contributed by atoms with Gasteiger partial charge in [0.15, 0.2) is 0 Å². The highest BCUT2D eigenvalue weighted by Gasteiger charge is 2.16. The van der Waals surface area contributed by atoms with Crippen molar-refractivity contribution < 1.29 is 0 Å². The second-order valence-electron chi connectivity index (χ2n) is 14.5. The molecule has 10 aromatic carbocycles. The summed E-state index contributed by atoms with van der Waals surface area (Å²) in [6.07, 6.45) is 0. The highest BCUT2D eigenvalue weighted by Crippen LogP contribution is 2.42. The molecule has 1 heterocycles. The Balaban J connectivity index is 0.991. The van der Waals surface area contributed by atoms with Crippen LogP contribution in [-0.2, 0) is 0 Å². The zero-order chi connectivity index (χ0) is 37.0. The molecule has 0 bridgehead atoms. The first-order valence-corrected chi connectivity index (χ1v) is 20.0. The minimum absolute atomic E-state index is 1.11. The van der Waals surface area contributed by atoms with Gasteiger partial charge in [0.05, 0.1) is 0 Å². The number of rotatable bonds is 6. The summed E-state index contributed by atoms with van der Waals surface area (Å²) < 4.78 is 2.66. The zero-order valence-electron chi connectivity index (χ0n) is 30.6. The van der Waals surface area contributed by atoms with Crippen molar-refractivity contribution in [1.29, 1.82) is 0 Å². The molecule has 1 nitrogen and oxygen atoms in total. The van der Waals surface area contributed by atoms with Gasteiger partial charge in [-0.05, 0) is 114 Å². The van der Waals surface area contributed by atoms with Crippen molar-refractivity contribution in [2.45, 2.75) is 0 Å². The van der Waals surface area contributed by atoms with E-state index in [1.807, 2.05) is 11.3 Å². The lowest BCUT2D eigenvalue weighted by molar-refractivity contribution is 1.28. The first kappa shape index (κ1) is 32.4. The van der Waals surface area contributed by atoms with Crippen LogP contribution in [0.2, 0.25) is 0 Å². The monoisotopic (exact) mass is 729 g/mol. The Hall–Kier alpha value is -7.00. The summed E-state index contributed by atoms with van der Waals surface area (Å²) in [5, 5.41) is 10.3. The van der Waals surface area contributed by atoms with E-state index in [9.17, 15) is 0 Å². The largest absolute Gasteiger partial charge is 0.310 e. The molecule has 0 aliphatic heterocycles. The number of hydrogen-bond acceptors (Lipinski definition) is 2. The van der Waals surface area contributed by atoms with E-state index in [2.05, 4.69) is 217 Å². The van der Waals surface area contributed by atoms with Crippen LogP contribution in [-0.4, -0.2) is 0 Å². The van der Waals surface area contributed by atoms with E-state index in [-0.39, 0.29) is 0 Å². The van der Waals surface area contributed by atoms with E-state index in [0.717, 1.165) is 17.1 Å². The van der Waals surface area contributed by atoms with Crippen molar-refractivity contribution in [3.63, 3.8) is 0 Å². The molecule has 262 valence electrons. The third-order valence-electron chi connectivity index (χ3n) is 11.2. The maximum atomic E-state index is 2.37. The number of fused-ring (bicyclic) bond motifs is 8. The third kappa shape index (κ3) is 5.54. The van der Waals surface area contributed by atoms with Gasteiger partial charge in [-0.1, -0.05) is 164 Å². The number of benzene rings is 10. The summed E-state index contributed by atoms with van der Waals surface area (Å²) in [4.78, 5) is 2.37. The normalized spacial score (nSPS) is 11.6. The molecule has 0 aliphatic carbocycles. The maximum Gasteiger partial charge on any atom is 0.0467 e. The molecule has 1 aromatic heterocycles. The molecule has 2 heteroatoms. The molecule has 0 aliphatic rings. The molecule has 0 fully saturated rings. The Bertz CT molecular complexity index is 3230. The van der Waals surface area contributed by atoms with E-state index < -0.39 is 0 Å². The molecule has 0 radical (unpaired) electrons. The lowest BCUT2D eigenvalue weighted by Gasteiger charge is -2.26. The lowest BCUT2D eigenvalue weighted by Crippen LogP contribution is -2.10. The van der Waals surface area contributed by atoms with Crippen LogP contribution in [0.15, 0.2) is 212 Å². The second kappa shape index (κ2) is 13.4. The Morgan fingerprint density at radius 3 is 1.70 bits per heavy atom. The molecular weight excluding hydrogens is 695 g/mol. The molecule has 56 heavy (non-hydrogen) atoms. The molecule has 0 saturated carbocycles. The smallest absolute Gasteiger partial charge is 0.0467 e. The average Bonchev–Trinajstić information content (AvgIpc) is 3.66. The predicted molar refractivity (Wildman–Crippen MR) is 243 cm³/mol. The Morgan fingerprint density at radius 1 is 0.304 bits per heavy atom. The van der Waals surface area contributed by atoms with Crippen molar-refractivity contribution in [2.24, 2.45) is 0 Å². The summed E-state index contributed by atoms with van der Waals surface area (Å²) in [5.74, 6) is 0. The molecular formula is C54H35NS. The van der Waals surface area contributed by atoms with E-state index >= 15 is 0 Å². The van der Waals surface area contributed by atoms with Crippen molar-refractivity contribution >= 4 is 80.9 Å². The van der Waals surface area contributed by atoms with Crippen LogP contribution in [0.1, 0.15) is 0 Å². The topological polar surface area (TPSA) is 3.24 Å². The molecule has 0 N–H and O–H groups in total. The van der Waals surface area contributed by atoms with Gasteiger partial charge in [-0.3, -0.25) is 0 Å². The van der Waals surface area contributed by atoms with Gasteiger partial charge < -0.3 is 4.90 Å². The number of thiophene rings is 1. The van der Waals surface area contributed by atoms with Gasteiger partial charge in [0.25, 0.3) is 0 Å². The fraction of sp³-hybridized carbons (Fsp3) is 0. The number of anilines is 3. The van der Waals surface area contributed by atoms with E-state index in [1.165, 1.54) is 85.9 Å². The fourth-order valence-corrected chi connectivity index (χ4v) is 9.72. The number of hydrogen-bond donors (Lipinski definition) is 0. The maximum absolute atomic E-state index is 2.37. The van der Waals surface area contributed by atoms with Gasteiger partial charge >= 0.3 is 0 Å². The number of nitrogens with zero attached hydrogens (tertiary/aromatic N) is 1. The SMILES string of the molecule is c1ccc(-c2cccc(N(c3ccc(-c4ccc5c(ccc6ccc7ccccc7c65)c4)cc3)c3ccc(-c4cccc5c4sc4ccccc45)cc3)c2)cc1. The predicted octanol–water partition coefficient (Wildman–Crippen LogP) is 16.0. The van der Waals surface area contributed by atoms with Crippen molar-refractivity contribution in [3.8, 4) is 33.4 Å². The molecule has 0 saturated heterocycles. The van der Waals surface area contributed by atoms with Crippen LogP contribution in [0, 0.1) is 0 Å². The van der Waals surface area contributed by atoms with Crippen LogP contribution in [0.3, 0.4) is 0 Å². The Labute approximate surface area is 330 Å². The first-order chi connectivity index (χ1) is 27.7. The minimum Gasteiger partial charge on any atom is -0.310 e. The van der Waals surface area contributed by atoms with Crippen molar-refractivity contribution in [3.05, 3.63) is 212 Å². The van der Waals surface area contributed by atoms with E-state index in [4.69, 9.17) is 0 Å². The molecule has 11 rings (SSSR count). The van der Waals surface area contributed by atoms with Crippen molar-refractivity contribution in [1.82, 2.24) is 0 Å². The average molecular weight is 730 g/mol. The van der Waals surface area contributed by atoms with Gasteiger partial charge in [-0.15, -0.1) is 11.3 Å². The summed E-state index contributed by atoms with van der Waals surface area (Å²) in [6.45, 7) is 0. The van der Waals surface area contributed by atoms with Gasteiger partial charge in [0.1, 0.15) is 0 Å². The lowest BCUT2D eigenvalue weighted by atomic mass is 9.94. The van der Waals surface area contributed by atoms with Crippen LogP contribution in [0.4, 0.5) is 17.1 Å². The van der Waals surface area contributed by atoms with Crippen molar-refractivity contribution in [2.75, 3.05) is 4.90 Å². The second-order valence-corrected chi connectivity index (χ2v) is 15.6. The van der Waals surface area contributed by atoms with Gasteiger partial charge in [0, 0.05) is 37.2 Å². The molecule has 0 atom stereocenters. The third-order valence-corrected chi connectivity index (χ3v) is 12.5. The van der Waals surface area contributed by atoms with E-state index in [0.29, 0.717) is 0 Å². The van der Waals surface area contributed by atoms with Gasteiger partial charge in [-0.25, -0.2) is 0 Å². The molecule has 0 amide bonds. The van der Waals surface area contributed by atoms with Gasteiger partial charge in [-0.2, -0.15) is 0 Å². The Kier molecular flexibility index (Phi) is 7.75. The standard InChI is InChI=1S/C54H35NS/c1-2-10-36(11-3-1)41-13-8-14-46(35-41)55(45-31-26-39(27-32-45)49-17-9-18-51-50-16-6-7-19-52(50)56-54(49)51)44-29-24-37(25-30-44)42-28-33-48-43(34-42)23-22-40-21-20-38-12-4-5-15-47(38)53(40)48/h1-35H. The highest BCUT2D eigenvalue weighted by molar-refractivity contribution is 7.26. The summed E-state index contributed by atoms with van der Waals surface area (Å²) in [5.41, 5.74) is 10.6. The fourth-order valence-electron chi connectivity index (χ4n) is 8.49.